The van der Waals surface area contributed by atoms with E-state index in [0.717, 1.165) is 31.9 Å². The van der Waals surface area contributed by atoms with Crippen LogP contribution in [0.25, 0.3) is 6.08 Å². The smallest absolute Gasteiger partial charge is 0.221 e. The first-order valence-electron chi connectivity index (χ1n) is 9.08. The summed E-state index contributed by atoms with van der Waals surface area (Å²) < 4.78 is 0. The molecule has 1 heterocycles. The van der Waals surface area contributed by atoms with Gasteiger partial charge in [-0.25, -0.2) is 0 Å². The molecule has 1 saturated heterocycles. The van der Waals surface area contributed by atoms with Gasteiger partial charge in [0.05, 0.1) is 0 Å². The fraction of sp³-hybridized carbons (Fsp3) is 0.500. The lowest BCUT2D eigenvalue weighted by Gasteiger charge is -2.31. The van der Waals surface area contributed by atoms with E-state index in [4.69, 9.17) is 0 Å². The SMILES string of the molecule is CN=C(NCCC(=O)NC(C)C)N1CCC(=Cc2ccccc2)CC1. The van der Waals surface area contributed by atoms with Crippen LogP contribution in [0.4, 0.5) is 0 Å². The van der Waals surface area contributed by atoms with Gasteiger partial charge in [-0.05, 0) is 32.3 Å². The van der Waals surface area contributed by atoms with Crippen LogP contribution in [0.2, 0.25) is 0 Å². The Balaban J connectivity index is 1.78. The summed E-state index contributed by atoms with van der Waals surface area (Å²) in [4.78, 5) is 18.3. The van der Waals surface area contributed by atoms with Crippen molar-refractivity contribution in [3.05, 3.63) is 41.5 Å². The third kappa shape index (κ3) is 6.61. The molecule has 0 aliphatic carbocycles. The number of aliphatic imine (C=N–C) groups is 1. The zero-order valence-corrected chi connectivity index (χ0v) is 15.6. The highest BCUT2D eigenvalue weighted by molar-refractivity contribution is 5.81. The molecule has 25 heavy (non-hydrogen) atoms. The van der Waals surface area contributed by atoms with Gasteiger partial charge in [-0.2, -0.15) is 0 Å². The van der Waals surface area contributed by atoms with Gasteiger partial charge in [-0.15, -0.1) is 0 Å². The second-order valence-corrected chi connectivity index (χ2v) is 6.65. The fourth-order valence-corrected chi connectivity index (χ4v) is 2.95. The Hall–Kier alpha value is -2.30. The number of guanidine groups is 1. The molecule has 136 valence electrons. The molecule has 1 aliphatic rings. The summed E-state index contributed by atoms with van der Waals surface area (Å²) in [6, 6.07) is 10.7. The van der Waals surface area contributed by atoms with Crippen molar-refractivity contribution in [2.75, 3.05) is 26.7 Å². The van der Waals surface area contributed by atoms with Crippen molar-refractivity contribution in [2.24, 2.45) is 4.99 Å². The molecule has 0 aromatic heterocycles. The van der Waals surface area contributed by atoms with Gasteiger partial charge < -0.3 is 15.5 Å². The molecular weight excluding hydrogens is 312 g/mol. The van der Waals surface area contributed by atoms with Crippen molar-refractivity contribution in [2.45, 2.75) is 39.2 Å². The van der Waals surface area contributed by atoms with Gasteiger partial charge in [-0.3, -0.25) is 9.79 Å². The molecule has 0 atom stereocenters. The quantitative estimate of drug-likeness (QED) is 0.639. The summed E-state index contributed by atoms with van der Waals surface area (Å²) >= 11 is 0. The highest BCUT2D eigenvalue weighted by Crippen LogP contribution is 2.19. The fourth-order valence-electron chi connectivity index (χ4n) is 2.95. The zero-order chi connectivity index (χ0) is 18.1. The van der Waals surface area contributed by atoms with Crippen LogP contribution in [0.1, 0.15) is 38.7 Å². The second-order valence-electron chi connectivity index (χ2n) is 6.65. The molecule has 2 rings (SSSR count). The van der Waals surface area contributed by atoms with E-state index >= 15 is 0 Å². The predicted molar refractivity (Wildman–Crippen MR) is 104 cm³/mol. The summed E-state index contributed by atoms with van der Waals surface area (Å²) in [6.07, 6.45) is 4.85. The molecule has 0 spiro atoms. The molecule has 1 aromatic carbocycles. The summed E-state index contributed by atoms with van der Waals surface area (Å²) in [6.45, 7) is 6.46. The minimum atomic E-state index is 0.0738. The van der Waals surface area contributed by atoms with Gasteiger partial charge in [0.2, 0.25) is 5.91 Å². The number of nitrogens with zero attached hydrogens (tertiary/aromatic N) is 2. The van der Waals surface area contributed by atoms with Crippen LogP contribution in [-0.4, -0.2) is 49.5 Å². The van der Waals surface area contributed by atoms with E-state index in [9.17, 15) is 4.79 Å². The summed E-state index contributed by atoms with van der Waals surface area (Å²) in [5, 5.41) is 6.21. The first kappa shape index (κ1) is 19.0. The number of nitrogens with one attached hydrogen (secondary N) is 2. The monoisotopic (exact) mass is 342 g/mol. The average Bonchev–Trinajstić information content (AvgIpc) is 2.60. The predicted octanol–water partition coefficient (Wildman–Crippen LogP) is 2.66. The molecule has 1 aromatic rings. The van der Waals surface area contributed by atoms with Gasteiger partial charge >= 0.3 is 0 Å². The minimum Gasteiger partial charge on any atom is -0.356 e. The number of likely N-dealkylation sites (tertiary alicyclic amines) is 1. The number of hydrogen-bond donors (Lipinski definition) is 2. The Morgan fingerprint density at radius 3 is 2.52 bits per heavy atom. The standard InChI is InChI=1S/C20H30N4O/c1-16(2)23-19(25)9-12-22-20(21-3)24-13-10-18(11-14-24)15-17-7-5-4-6-8-17/h4-8,15-16H,9-14H2,1-3H3,(H,21,22)(H,23,25). The van der Waals surface area contributed by atoms with Crippen LogP contribution in [0, 0.1) is 0 Å². The van der Waals surface area contributed by atoms with E-state index in [-0.39, 0.29) is 11.9 Å². The molecule has 0 radical (unpaired) electrons. The molecule has 0 bridgehead atoms. The van der Waals surface area contributed by atoms with Gasteiger partial charge in [-0.1, -0.05) is 42.0 Å². The lowest BCUT2D eigenvalue weighted by Crippen LogP contribution is -2.45. The Morgan fingerprint density at radius 1 is 1.24 bits per heavy atom. The van der Waals surface area contributed by atoms with E-state index in [1.165, 1.54) is 11.1 Å². The maximum absolute atomic E-state index is 11.7. The molecule has 1 aliphatic heterocycles. The maximum atomic E-state index is 11.7. The Morgan fingerprint density at radius 2 is 1.92 bits per heavy atom. The number of carbonyl (C=O) groups excluding carboxylic acids is 1. The van der Waals surface area contributed by atoms with Crippen LogP contribution in [0.15, 0.2) is 40.9 Å². The first-order valence-corrected chi connectivity index (χ1v) is 9.08. The topological polar surface area (TPSA) is 56.7 Å². The van der Waals surface area contributed by atoms with Crippen molar-refractivity contribution in [1.29, 1.82) is 0 Å². The number of carbonyl (C=O) groups is 1. The highest BCUT2D eigenvalue weighted by Gasteiger charge is 2.17. The van der Waals surface area contributed by atoms with E-state index in [2.05, 4.69) is 50.9 Å². The van der Waals surface area contributed by atoms with Crippen LogP contribution < -0.4 is 10.6 Å². The van der Waals surface area contributed by atoms with Gasteiger partial charge in [0.1, 0.15) is 0 Å². The van der Waals surface area contributed by atoms with Gasteiger partial charge in [0.25, 0.3) is 0 Å². The highest BCUT2D eigenvalue weighted by atomic mass is 16.1. The summed E-state index contributed by atoms with van der Waals surface area (Å²) in [5.74, 6) is 0.959. The number of hydrogen-bond acceptors (Lipinski definition) is 2. The van der Waals surface area contributed by atoms with E-state index in [1.54, 1.807) is 7.05 Å². The Kier molecular flexibility index (Phi) is 7.51. The maximum Gasteiger partial charge on any atom is 0.221 e. The normalized spacial score (nSPS) is 15.3. The Bertz CT molecular complexity index is 597. The van der Waals surface area contributed by atoms with Crippen LogP contribution in [0.5, 0.6) is 0 Å². The molecule has 2 N–H and O–H groups in total. The van der Waals surface area contributed by atoms with Crippen LogP contribution >= 0.6 is 0 Å². The molecular formula is C20H30N4O. The summed E-state index contributed by atoms with van der Waals surface area (Å²) in [7, 11) is 1.80. The zero-order valence-electron chi connectivity index (χ0n) is 15.6. The van der Waals surface area contributed by atoms with E-state index < -0.39 is 0 Å². The lowest BCUT2D eigenvalue weighted by atomic mass is 10.0. The lowest BCUT2D eigenvalue weighted by molar-refractivity contribution is -0.121. The third-order valence-electron chi connectivity index (χ3n) is 4.17. The van der Waals surface area contributed by atoms with Crippen molar-refractivity contribution in [3.63, 3.8) is 0 Å². The average molecular weight is 342 g/mol. The van der Waals surface area contributed by atoms with Crippen LogP contribution in [-0.2, 0) is 4.79 Å². The second kappa shape index (κ2) is 9.87. The number of piperidine rings is 1. The molecule has 0 unspecified atom stereocenters. The number of amides is 1. The largest absolute Gasteiger partial charge is 0.356 e. The van der Waals surface area contributed by atoms with E-state index in [0.29, 0.717) is 13.0 Å². The van der Waals surface area contributed by atoms with Crippen molar-refractivity contribution < 1.29 is 4.79 Å². The molecule has 0 saturated carbocycles. The van der Waals surface area contributed by atoms with E-state index in [1.807, 2.05) is 19.9 Å². The molecule has 1 fully saturated rings. The molecule has 1 amide bonds. The summed E-state index contributed by atoms with van der Waals surface area (Å²) in [5.41, 5.74) is 2.75. The van der Waals surface area contributed by atoms with Crippen molar-refractivity contribution >= 4 is 17.9 Å². The van der Waals surface area contributed by atoms with Crippen molar-refractivity contribution in [1.82, 2.24) is 15.5 Å². The minimum absolute atomic E-state index is 0.0738. The van der Waals surface area contributed by atoms with Gasteiger partial charge in [0.15, 0.2) is 5.96 Å². The number of rotatable bonds is 5. The Labute approximate surface area is 151 Å². The molecule has 5 nitrogen and oxygen atoms in total. The first-order chi connectivity index (χ1) is 12.1. The number of benzene rings is 1. The third-order valence-corrected chi connectivity index (χ3v) is 4.17. The van der Waals surface area contributed by atoms with Crippen LogP contribution in [0.3, 0.4) is 0 Å². The van der Waals surface area contributed by atoms with Gasteiger partial charge in [0, 0.05) is 39.1 Å². The van der Waals surface area contributed by atoms with Crippen molar-refractivity contribution in [3.8, 4) is 0 Å². The molecule has 5 heteroatoms.